The summed E-state index contributed by atoms with van der Waals surface area (Å²) in [7, 11) is 0. The van der Waals surface area contributed by atoms with Crippen LogP contribution in [0, 0.1) is 0 Å². The van der Waals surface area contributed by atoms with Crippen molar-refractivity contribution in [1.82, 2.24) is 0 Å². The number of hydrogen-bond donors (Lipinski definition) is 0. The molecule has 1 aromatic rings. The van der Waals surface area contributed by atoms with Gasteiger partial charge in [0.05, 0.1) is 0 Å². The third kappa shape index (κ3) is 2.49. The SMILES string of the molecule is CCc1cc(Cl)cc(CBr)c1. The van der Waals surface area contributed by atoms with Crippen molar-refractivity contribution < 1.29 is 0 Å². The standard InChI is InChI=1S/C9H10BrCl/c1-2-7-3-8(6-10)5-9(11)4-7/h3-5H,2,6H2,1H3. The fourth-order valence-corrected chi connectivity index (χ4v) is 1.60. The van der Waals surface area contributed by atoms with Gasteiger partial charge in [-0.15, -0.1) is 0 Å². The van der Waals surface area contributed by atoms with E-state index < -0.39 is 0 Å². The van der Waals surface area contributed by atoms with E-state index in [1.807, 2.05) is 12.1 Å². The molecule has 0 spiro atoms. The van der Waals surface area contributed by atoms with Crippen molar-refractivity contribution in [2.24, 2.45) is 0 Å². The summed E-state index contributed by atoms with van der Waals surface area (Å²) >= 11 is 9.28. The zero-order valence-corrected chi connectivity index (χ0v) is 8.74. The first-order valence-electron chi connectivity index (χ1n) is 3.60. The van der Waals surface area contributed by atoms with Gasteiger partial charge in [-0.25, -0.2) is 0 Å². The van der Waals surface area contributed by atoms with Gasteiger partial charge in [0.25, 0.3) is 0 Å². The highest BCUT2D eigenvalue weighted by molar-refractivity contribution is 9.08. The molecule has 2 heteroatoms. The summed E-state index contributed by atoms with van der Waals surface area (Å²) in [6.07, 6.45) is 1.04. The minimum absolute atomic E-state index is 0.832. The van der Waals surface area contributed by atoms with Crippen LogP contribution in [0.4, 0.5) is 0 Å². The number of aryl methyl sites for hydroxylation is 1. The summed E-state index contributed by atoms with van der Waals surface area (Å²) in [4.78, 5) is 0. The van der Waals surface area contributed by atoms with Crippen LogP contribution in [-0.2, 0) is 11.8 Å². The van der Waals surface area contributed by atoms with Gasteiger partial charge in [0.2, 0.25) is 0 Å². The van der Waals surface area contributed by atoms with Crippen LogP contribution < -0.4 is 0 Å². The molecule has 0 saturated heterocycles. The molecular weight excluding hydrogens is 223 g/mol. The van der Waals surface area contributed by atoms with Crippen molar-refractivity contribution in [2.75, 3.05) is 0 Å². The lowest BCUT2D eigenvalue weighted by atomic mass is 10.1. The summed E-state index contributed by atoms with van der Waals surface area (Å²) in [5.74, 6) is 0. The Kier molecular flexibility index (Phi) is 3.41. The van der Waals surface area contributed by atoms with Gasteiger partial charge in [-0.05, 0) is 29.7 Å². The molecule has 0 N–H and O–H groups in total. The lowest BCUT2D eigenvalue weighted by Crippen LogP contribution is -1.83. The van der Waals surface area contributed by atoms with E-state index in [0.29, 0.717) is 0 Å². The van der Waals surface area contributed by atoms with Gasteiger partial charge >= 0.3 is 0 Å². The number of hydrogen-bond acceptors (Lipinski definition) is 0. The Labute approximate surface area is 80.7 Å². The molecule has 0 amide bonds. The number of alkyl halides is 1. The third-order valence-electron chi connectivity index (χ3n) is 1.58. The Bertz CT molecular complexity index is 223. The van der Waals surface area contributed by atoms with Crippen LogP contribution in [0.1, 0.15) is 18.1 Å². The number of halogens is 2. The van der Waals surface area contributed by atoms with Gasteiger partial charge in [0, 0.05) is 10.4 Å². The minimum atomic E-state index is 0.832. The summed E-state index contributed by atoms with van der Waals surface area (Å²) in [5, 5.41) is 1.71. The van der Waals surface area contributed by atoms with E-state index in [1.165, 1.54) is 11.1 Å². The Balaban J connectivity index is 3.02. The van der Waals surface area contributed by atoms with Gasteiger partial charge in [0.15, 0.2) is 0 Å². The van der Waals surface area contributed by atoms with Gasteiger partial charge in [0.1, 0.15) is 0 Å². The second kappa shape index (κ2) is 4.13. The highest BCUT2D eigenvalue weighted by Crippen LogP contribution is 2.17. The molecule has 0 saturated carbocycles. The smallest absolute Gasteiger partial charge is 0.0411 e. The molecule has 0 aromatic heterocycles. The molecule has 1 rings (SSSR count). The van der Waals surface area contributed by atoms with Crippen molar-refractivity contribution in [3.05, 3.63) is 34.3 Å². The van der Waals surface area contributed by atoms with Crippen LogP contribution in [0.15, 0.2) is 18.2 Å². The first-order valence-corrected chi connectivity index (χ1v) is 5.10. The maximum atomic E-state index is 5.89. The maximum absolute atomic E-state index is 5.89. The predicted molar refractivity (Wildman–Crippen MR) is 53.5 cm³/mol. The normalized spacial score (nSPS) is 10.1. The summed E-state index contributed by atoms with van der Waals surface area (Å²) < 4.78 is 0. The van der Waals surface area contributed by atoms with E-state index in [-0.39, 0.29) is 0 Å². The lowest BCUT2D eigenvalue weighted by molar-refractivity contribution is 1.13. The van der Waals surface area contributed by atoms with Crippen molar-refractivity contribution >= 4 is 27.5 Å². The molecule has 0 aliphatic rings. The molecule has 1 aromatic carbocycles. The Morgan fingerprint density at radius 2 is 1.91 bits per heavy atom. The second-order valence-electron chi connectivity index (χ2n) is 2.45. The summed E-state index contributed by atoms with van der Waals surface area (Å²) in [6, 6.07) is 6.16. The molecule has 0 nitrogen and oxygen atoms in total. The van der Waals surface area contributed by atoms with Gasteiger partial charge in [-0.3, -0.25) is 0 Å². The molecule has 0 fully saturated rings. The second-order valence-corrected chi connectivity index (χ2v) is 3.45. The average molecular weight is 234 g/mol. The topological polar surface area (TPSA) is 0 Å². The van der Waals surface area contributed by atoms with Gasteiger partial charge < -0.3 is 0 Å². The van der Waals surface area contributed by atoms with Crippen LogP contribution >= 0.6 is 27.5 Å². The molecular formula is C9H10BrCl. The van der Waals surface area contributed by atoms with Crippen molar-refractivity contribution in [3.8, 4) is 0 Å². The van der Waals surface area contributed by atoms with Crippen LogP contribution in [0.5, 0.6) is 0 Å². The first-order chi connectivity index (χ1) is 5.26. The van der Waals surface area contributed by atoms with Crippen LogP contribution in [-0.4, -0.2) is 0 Å². The lowest BCUT2D eigenvalue weighted by Gasteiger charge is -2.01. The van der Waals surface area contributed by atoms with Crippen molar-refractivity contribution in [3.63, 3.8) is 0 Å². The molecule has 0 aliphatic heterocycles. The van der Waals surface area contributed by atoms with E-state index in [4.69, 9.17) is 11.6 Å². The highest BCUT2D eigenvalue weighted by Gasteiger charge is 1.96. The number of benzene rings is 1. The molecule has 11 heavy (non-hydrogen) atoms. The van der Waals surface area contributed by atoms with Crippen molar-refractivity contribution in [1.29, 1.82) is 0 Å². The van der Waals surface area contributed by atoms with E-state index in [0.717, 1.165) is 16.8 Å². The minimum Gasteiger partial charge on any atom is -0.0876 e. The molecule has 0 aliphatic carbocycles. The first kappa shape index (κ1) is 9.08. The van der Waals surface area contributed by atoms with Crippen molar-refractivity contribution in [2.45, 2.75) is 18.7 Å². The fraction of sp³-hybridized carbons (Fsp3) is 0.333. The molecule has 0 atom stereocenters. The van der Waals surface area contributed by atoms with Crippen LogP contribution in [0.3, 0.4) is 0 Å². The molecule has 0 heterocycles. The van der Waals surface area contributed by atoms with Gasteiger partial charge in [-0.1, -0.05) is 40.5 Å². The van der Waals surface area contributed by atoms with E-state index in [2.05, 4.69) is 28.9 Å². The Morgan fingerprint density at radius 1 is 1.27 bits per heavy atom. The molecule has 0 radical (unpaired) electrons. The van der Waals surface area contributed by atoms with Crippen LogP contribution in [0.2, 0.25) is 5.02 Å². The average Bonchev–Trinajstić information content (AvgIpc) is 2.03. The quantitative estimate of drug-likeness (QED) is 0.682. The highest BCUT2D eigenvalue weighted by atomic mass is 79.9. The van der Waals surface area contributed by atoms with E-state index in [9.17, 15) is 0 Å². The largest absolute Gasteiger partial charge is 0.0876 e. The molecule has 0 bridgehead atoms. The van der Waals surface area contributed by atoms with E-state index in [1.54, 1.807) is 0 Å². The van der Waals surface area contributed by atoms with E-state index >= 15 is 0 Å². The molecule has 0 unspecified atom stereocenters. The zero-order chi connectivity index (χ0) is 8.27. The van der Waals surface area contributed by atoms with Crippen LogP contribution in [0.25, 0.3) is 0 Å². The number of rotatable bonds is 2. The molecule has 60 valence electrons. The summed E-state index contributed by atoms with van der Waals surface area (Å²) in [6.45, 7) is 2.13. The third-order valence-corrected chi connectivity index (χ3v) is 2.45. The monoisotopic (exact) mass is 232 g/mol. The Hall–Kier alpha value is -0.0100. The maximum Gasteiger partial charge on any atom is 0.0411 e. The summed E-state index contributed by atoms with van der Waals surface area (Å²) in [5.41, 5.74) is 2.54. The fourth-order valence-electron chi connectivity index (χ4n) is 0.999. The Morgan fingerprint density at radius 3 is 2.45 bits per heavy atom. The predicted octanol–water partition coefficient (Wildman–Crippen LogP) is 3.80. The zero-order valence-electron chi connectivity index (χ0n) is 6.40. The van der Waals surface area contributed by atoms with Gasteiger partial charge in [-0.2, -0.15) is 0 Å².